The fraction of sp³-hybridized carbons (Fsp3) is 0.200. The fourth-order valence-electron chi connectivity index (χ4n) is 0.705. The van der Waals surface area contributed by atoms with Gasteiger partial charge in [-0.15, -0.1) is 0 Å². The first kappa shape index (κ1) is 3.83. The molecule has 0 amide bonds. The molecular weight excluding hydrogens is 102 g/mol. The molecule has 1 aliphatic heterocycles. The Labute approximate surface area is 46.8 Å². The summed E-state index contributed by atoms with van der Waals surface area (Å²) in [6, 6.07) is 0. The predicted molar refractivity (Wildman–Crippen MR) is 29.4 cm³/mol. The van der Waals surface area contributed by atoms with Crippen molar-refractivity contribution in [1.29, 1.82) is 0 Å². The zero-order valence-electron chi connectivity index (χ0n) is 4.26. The number of rotatable bonds is 0. The molecule has 0 saturated heterocycles. The van der Waals surface area contributed by atoms with Gasteiger partial charge in [-0.1, -0.05) is 0 Å². The highest BCUT2D eigenvalue weighted by molar-refractivity contribution is 5.48. The van der Waals surface area contributed by atoms with E-state index < -0.39 is 0 Å². The number of aromatic nitrogens is 2. The van der Waals surface area contributed by atoms with Gasteiger partial charge < -0.3 is 5.32 Å². The third-order valence-electron chi connectivity index (χ3n) is 1.20. The first-order valence-electron chi connectivity index (χ1n) is 2.50. The van der Waals surface area contributed by atoms with Crippen molar-refractivity contribution >= 4 is 5.82 Å². The standard InChI is InChI=1S/C5H5N3/c1-2-7-5-4(6-1)3-8-5/h1-2H,3H2,(H,7,8). The maximum absolute atomic E-state index is 4.04. The van der Waals surface area contributed by atoms with E-state index in [1.165, 1.54) is 0 Å². The zero-order valence-corrected chi connectivity index (χ0v) is 4.26. The lowest BCUT2D eigenvalue weighted by molar-refractivity contribution is 0.915. The van der Waals surface area contributed by atoms with Crippen LogP contribution in [-0.2, 0) is 6.54 Å². The van der Waals surface area contributed by atoms with E-state index in [0.29, 0.717) is 0 Å². The van der Waals surface area contributed by atoms with Crippen LogP contribution in [0.4, 0.5) is 5.82 Å². The van der Waals surface area contributed by atoms with Crippen LogP contribution in [0.1, 0.15) is 5.69 Å². The van der Waals surface area contributed by atoms with Crippen molar-refractivity contribution in [2.45, 2.75) is 6.54 Å². The van der Waals surface area contributed by atoms with E-state index in [4.69, 9.17) is 0 Å². The summed E-state index contributed by atoms with van der Waals surface area (Å²) in [5.74, 6) is 0.938. The molecule has 0 fully saturated rings. The lowest BCUT2D eigenvalue weighted by atomic mass is 10.3. The maximum Gasteiger partial charge on any atom is 0.149 e. The number of hydrogen-bond acceptors (Lipinski definition) is 3. The molecule has 1 aromatic rings. The summed E-state index contributed by atoms with van der Waals surface area (Å²) < 4.78 is 0. The van der Waals surface area contributed by atoms with Crippen LogP contribution in [0.5, 0.6) is 0 Å². The maximum atomic E-state index is 4.04. The molecule has 40 valence electrons. The third kappa shape index (κ3) is 0.332. The molecule has 0 aromatic carbocycles. The summed E-state index contributed by atoms with van der Waals surface area (Å²) in [5.41, 5.74) is 1.08. The van der Waals surface area contributed by atoms with E-state index in [-0.39, 0.29) is 0 Å². The quantitative estimate of drug-likeness (QED) is 0.521. The molecule has 3 heteroatoms. The lowest BCUT2D eigenvalue weighted by Gasteiger charge is -2.16. The molecule has 2 rings (SSSR count). The Hall–Kier alpha value is -1.12. The van der Waals surface area contributed by atoms with E-state index in [9.17, 15) is 0 Å². The average Bonchev–Trinajstić information content (AvgIpc) is 1.72. The van der Waals surface area contributed by atoms with Crippen LogP contribution < -0.4 is 5.32 Å². The number of fused-ring (bicyclic) bond motifs is 1. The predicted octanol–water partition coefficient (Wildman–Crippen LogP) is 0.402. The van der Waals surface area contributed by atoms with Gasteiger partial charge in [0.15, 0.2) is 0 Å². The Morgan fingerprint density at radius 2 is 2.25 bits per heavy atom. The summed E-state index contributed by atoms with van der Waals surface area (Å²) in [4.78, 5) is 8.03. The second-order valence-corrected chi connectivity index (χ2v) is 1.71. The molecule has 8 heavy (non-hydrogen) atoms. The van der Waals surface area contributed by atoms with Crippen LogP contribution in [0.2, 0.25) is 0 Å². The van der Waals surface area contributed by atoms with Crippen LogP contribution in [0.15, 0.2) is 12.4 Å². The Morgan fingerprint density at radius 1 is 1.38 bits per heavy atom. The molecule has 0 aliphatic carbocycles. The van der Waals surface area contributed by atoms with Crippen LogP contribution >= 0.6 is 0 Å². The molecule has 0 spiro atoms. The van der Waals surface area contributed by atoms with Crippen molar-refractivity contribution in [2.24, 2.45) is 0 Å². The van der Waals surface area contributed by atoms with Crippen molar-refractivity contribution in [1.82, 2.24) is 9.97 Å². The summed E-state index contributed by atoms with van der Waals surface area (Å²) in [7, 11) is 0. The van der Waals surface area contributed by atoms with Crippen LogP contribution in [0.3, 0.4) is 0 Å². The Morgan fingerprint density at radius 3 is 2.62 bits per heavy atom. The van der Waals surface area contributed by atoms with Gasteiger partial charge in [-0.25, -0.2) is 4.98 Å². The van der Waals surface area contributed by atoms with Gasteiger partial charge in [0.1, 0.15) is 11.5 Å². The molecule has 0 radical (unpaired) electrons. The van der Waals surface area contributed by atoms with Gasteiger partial charge in [-0.3, -0.25) is 4.98 Å². The second kappa shape index (κ2) is 1.18. The summed E-state index contributed by atoms with van der Waals surface area (Å²) in [6.45, 7) is 0.878. The third-order valence-corrected chi connectivity index (χ3v) is 1.20. The van der Waals surface area contributed by atoms with Gasteiger partial charge in [0.2, 0.25) is 0 Å². The highest BCUT2D eigenvalue weighted by atomic mass is 15.1. The smallest absolute Gasteiger partial charge is 0.149 e. The van der Waals surface area contributed by atoms with E-state index in [1.807, 2.05) is 0 Å². The molecule has 0 saturated carbocycles. The lowest BCUT2D eigenvalue weighted by Crippen LogP contribution is -2.16. The highest BCUT2D eigenvalue weighted by Crippen LogP contribution is 2.17. The first-order valence-corrected chi connectivity index (χ1v) is 2.50. The SMILES string of the molecule is c1cnc2c(n1)CN2. The zero-order chi connectivity index (χ0) is 5.40. The van der Waals surface area contributed by atoms with Crippen LogP contribution in [0.25, 0.3) is 0 Å². The van der Waals surface area contributed by atoms with E-state index in [2.05, 4.69) is 15.3 Å². The molecular formula is C5H5N3. The summed E-state index contributed by atoms with van der Waals surface area (Å²) in [6.07, 6.45) is 3.39. The monoisotopic (exact) mass is 107 g/mol. The molecule has 0 atom stereocenters. The van der Waals surface area contributed by atoms with E-state index in [1.54, 1.807) is 12.4 Å². The number of anilines is 1. The molecule has 1 aromatic heterocycles. The Kier molecular flexibility index (Phi) is 0.566. The second-order valence-electron chi connectivity index (χ2n) is 1.71. The molecule has 1 N–H and O–H groups in total. The van der Waals surface area contributed by atoms with Crippen LogP contribution in [-0.4, -0.2) is 9.97 Å². The van der Waals surface area contributed by atoms with Gasteiger partial charge in [-0.2, -0.15) is 0 Å². The number of nitrogens with one attached hydrogen (secondary N) is 1. The van der Waals surface area contributed by atoms with Gasteiger partial charge in [-0.05, 0) is 0 Å². The molecule has 3 nitrogen and oxygen atoms in total. The number of hydrogen-bond donors (Lipinski definition) is 1. The van der Waals surface area contributed by atoms with Gasteiger partial charge in [0.05, 0.1) is 6.54 Å². The normalized spacial score (nSPS) is 13.5. The van der Waals surface area contributed by atoms with Crippen molar-refractivity contribution < 1.29 is 0 Å². The fourth-order valence-corrected chi connectivity index (χ4v) is 0.705. The minimum absolute atomic E-state index is 0.878. The van der Waals surface area contributed by atoms with Gasteiger partial charge in [0, 0.05) is 12.4 Å². The van der Waals surface area contributed by atoms with Crippen molar-refractivity contribution in [3.63, 3.8) is 0 Å². The number of nitrogens with zero attached hydrogens (tertiary/aromatic N) is 2. The molecule has 2 heterocycles. The first-order chi connectivity index (χ1) is 3.97. The van der Waals surface area contributed by atoms with Crippen molar-refractivity contribution in [3.05, 3.63) is 18.1 Å². The average molecular weight is 107 g/mol. The molecule has 1 aliphatic rings. The minimum Gasteiger partial charge on any atom is -0.363 e. The van der Waals surface area contributed by atoms with Gasteiger partial charge >= 0.3 is 0 Å². The van der Waals surface area contributed by atoms with Crippen molar-refractivity contribution in [2.75, 3.05) is 5.32 Å². The Bertz CT molecular complexity index is 186. The minimum atomic E-state index is 0.878. The van der Waals surface area contributed by atoms with Crippen molar-refractivity contribution in [3.8, 4) is 0 Å². The Balaban J connectivity index is 2.62. The summed E-state index contributed by atoms with van der Waals surface area (Å²) >= 11 is 0. The largest absolute Gasteiger partial charge is 0.363 e. The molecule has 0 bridgehead atoms. The highest BCUT2D eigenvalue weighted by Gasteiger charge is 2.11. The van der Waals surface area contributed by atoms with Gasteiger partial charge in [0.25, 0.3) is 0 Å². The van der Waals surface area contributed by atoms with E-state index in [0.717, 1.165) is 18.1 Å². The van der Waals surface area contributed by atoms with E-state index >= 15 is 0 Å². The molecule has 0 unspecified atom stereocenters. The summed E-state index contributed by atoms with van der Waals surface area (Å²) in [5, 5.41) is 3.02. The topological polar surface area (TPSA) is 37.8 Å². The van der Waals surface area contributed by atoms with Crippen LogP contribution in [0, 0.1) is 0 Å².